The van der Waals surface area contributed by atoms with Crippen molar-refractivity contribution in [3.8, 4) is 0 Å². The lowest BCUT2D eigenvalue weighted by molar-refractivity contribution is -0.135. The molecule has 0 saturated heterocycles. The summed E-state index contributed by atoms with van der Waals surface area (Å²) in [7, 11) is 0. The summed E-state index contributed by atoms with van der Waals surface area (Å²) in [6, 6.07) is -0.305. The zero-order valence-corrected chi connectivity index (χ0v) is 9.62. The van der Waals surface area contributed by atoms with Crippen molar-refractivity contribution in [2.24, 2.45) is 5.92 Å². The molecule has 5 nitrogen and oxygen atoms in total. The van der Waals surface area contributed by atoms with E-state index in [9.17, 15) is 9.59 Å². The van der Waals surface area contributed by atoms with Gasteiger partial charge in [0.05, 0.1) is 0 Å². The number of amides is 2. The molecule has 15 heavy (non-hydrogen) atoms. The van der Waals surface area contributed by atoms with Gasteiger partial charge in [-0.15, -0.1) is 0 Å². The van der Waals surface area contributed by atoms with Gasteiger partial charge in [-0.2, -0.15) is 0 Å². The molecule has 88 valence electrons. The Balaban J connectivity index is 4.04. The summed E-state index contributed by atoms with van der Waals surface area (Å²) in [6.07, 6.45) is 1.00. The highest BCUT2D eigenvalue weighted by molar-refractivity contribution is 5.79. The molecule has 0 radical (unpaired) electrons. The first-order valence-corrected chi connectivity index (χ1v) is 5.25. The number of carboxylic acids is 1. The van der Waals surface area contributed by atoms with Gasteiger partial charge in [-0.1, -0.05) is 20.3 Å². The fourth-order valence-electron chi connectivity index (χ4n) is 1.12. The van der Waals surface area contributed by atoms with Crippen molar-refractivity contribution in [1.29, 1.82) is 0 Å². The lowest BCUT2D eigenvalue weighted by atomic mass is 10.1. The van der Waals surface area contributed by atoms with E-state index in [1.165, 1.54) is 0 Å². The molecule has 0 saturated carbocycles. The van der Waals surface area contributed by atoms with Crippen LogP contribution in [0.3, 0.4) is 0 Å². The Labute approximate surface area is 90.5 Å². The van der Waals surface area contributed by atoms with Crippen LogP contribution in [0, 0.1) is 5.92 Å². The van der Waals surface area contributed by atoms with Crippen LogP contribution in [0.2, 0.25) is 0 Å². The maximum Gasteiger partial charge on any atom is 0.323 e. The highest BCUT2D eigenvalue weighted by Gasteiger charge is 2.14. The molecule has 0 aliphatic heterocycles. The summed E-state index contributed by atoms with van der Waals surface area (Å²) >= 11 is 0. The van der Waals surface area contributed by atoms with Gasteiger partial charge >= 0.3 is 12.0 Å². The molecular weight excluding hydrogens is 196 g/mol. The van der Waals surface area contributed by atoms with E-state index >= 15 is 0 Å². The van der Waals surface area contributed by atoms with Crippen LogP contribution in [0.1, 0.15) is 27.2 Å². The van der Waals surface area contributed by atoms with Crippen LogP contribution in [0.5, 0.6) is 0 Å². The minimum Gasteiger partial charge on any atom is -0.480 e. The third kappa shape index (κ3) is 5.93. The molecule has 0 aliphatic carbocycles. The molecule has 0 spiro atoms. The lowest BCUT2D eigenvalue weighted by Gasteiger charge is -2.23. The molecule has 2 N–H and O–H groups in total. The van der Waals surface area contributed by atoms with Gasteiger partial charge in [-0.05, 0) is 12.8 Å². The Kier molecular flexibility index (Phi) is 6.49. The summed E-state index contributed by atoms with van der Waals surface area (Å²) in [6.45, 7) is 6.94. The second-order valence-electron chi connectivity index (χ2n) is 3.60. The second-order valence-corrected chi connectivity index (χ2v) is 3.60. The molecule has 0 fully saturated rings. The van der Waals surface area contributed by atoms with E-state index in [1.54, 1.807) is 4.90 Å². The summed E-state index contributed by atoms with van der Waals surface area (Å²) in [5.41, 5.74) is 0. The fourth-order valence-corrected chi connectivity index (χ4v) is 1.12. The van der Waals surface area contributed by atoms with Crippen molar-refractivity contribution in [3.05, 3.63) is 0 Å². The van der Waals surface area contributed by atoms with Gasteiger partial charge in [0.1, 0.15) is 6.54 Å². The largest absolute Gasteiger partial charge is 0.480 e. The molecule has 0 aliphatic rings. The fraction of sp³-hybridized carbons (Fsp3) is 0.800. The number of nitrogens with one attached hydrogen (secondary N) is 1. The Hall–Kier alpha value is -1.26. The van der Waals surface area contributed by atoms with Gasteiger partial charge < -0.3 is 15.3 Å². The second kappa shape index (κ2) is 7.09. The standard InChI is InChI=1S/C10H20N2O3/c1-4-8(3)7-12(5-2)10(15)11-6-9(13)14/h8H,4-7H2,1-3H3,(H,11,15)(H,13,14). The van der Waals surface area contributed by atoms with Crippen LogP contribution >= 0.6 is 0 Å². The van der Waals surface area contributed by atoms with E-state index in [0.717, 1.165) is 6.42 Å². The molecular formula is C10H20N2O3. The molecule has 0 aromatic heterocycles. The van der Waals surface area contributed by atoms with Crippen LogP contribution < -0.4 is 5.32 Å². The summed E-state index contributed by atoms with van der Waals surface area (Å²) < 4.78 is 0. The number of urea groups is 1. The van der Waals surface area contributed by atoms with Crippen LogP contribution in [-0.2, 0) is 4.79 Å². The predicted octanol–water partition coefficient (Wildman–Crippen LogP) is 1.15. The zero-order valence-electron chi connectivity index (χ0n) is 9.62. The van der Waals surface area contributed by atoms with Gasteiger partial charge in [0.25, 0.3) is 0 Å². The SMILES string of the molecule is CCC(C)CN(CC)C(=O)NCC(=O)O. The summed E-state index contributed by atoms with van der Waals surface area (Å²) in [5, 5.41) is 10.8. The maximum absolute atomic E-state index is 11.5. The topological polar surface area (TPSA) is 69.6 Å². The average molecular weight is 216 g/mol. The van der Waals surface area contributed by atoms with Gasteiger partial charge in [0, 0.05) is 13.1 Å². The van der Waals surface area contributed by atoms with Crippen molar-refractivity contribution in [1.82, 2.24) is 10.2 Å². The zero-order chi connectivity index (χ0) is 11.8. The number of hydrogen-bond donors (Lipinski definition) is 2. The van der Waals surface area contributed by atoms with E-state index in [4.69, 9.17) is 5.11 Å². The van der Waals surface area contributed by atoms with E-state index in [-0.39, 0.29) is 12.6 Å². The molecule has 5 heteroatoms. The Morgan fingerprint density at radius 1 is 1.40 bits per heavy atom. The smallest absolute Gasteiger partial charge is 0.323 e. The van der Waals surface area contributed by atoms with E-state index in [1.807, 2.05) is 6.92 Å². The first-order chi connectivity index (χ1) is 7.01. The molecule has 1 atom stereocenters. The highest BCUT2D eigenvalue weighted by Crippen LogP contribution is 2.03. The van der Waals surface area contributed by atoms with Crippen LogP contribution in [0.4, 0.5) is 4.79 Å². The number of carbonyl (C=O) groups excluding carboxylic acids is 1. The highest BCUT2D eigenvalue weighted by atomic mass is 16.4. The minimum atomic E-state index is -1.03. The van der Waals surface area contributed by atoms with Gasteiger partial charge in [-0.25, -0.2) is 4.79 Å². The lowest BCUT2D eigenvalue weighted by Crippen LogP contribution is -2.43. The molecule has 0 bridgehead atoms. The van der Waals surface area contributed by atoms with Crippen molar-refractivity contribution in [2.45, 2.75) is 27.2 Å². The quantitative estimate of drug-likeness (QED) is 0.699. The van der Waals surface area contributed by atoms with Crippen LogP contribution in [0.25, 0.3) is 0 Å². The van der Waals surface area contributed by atoms with E-state index < -0.39 is 5.97 Å². The third-order valence-corrected chi connectivity index (χ3v) is 2.29. The number of nitrogens with zero attached hydrogens (tertiary/aromatic N) is 1. The Bertz CT molecular complexity index is 219. The molecule has 0 aromatic rings. The van der Waals surface area contributed by atoms with Gasteiger partial charge in [-0.3, -0.25) is 4.79 Å². The molecule has 0 heterocycles. The van der Waals surface area contributed by atoms with Crippen LogP contribution in [-0.4, -0.2) is 41.6 Å². The Morgan fingerprint density at radius 3 is 2.40 bits per heavy atom. The first kappa shape index (κ1) is 13.7. The van der Waals surface area contributed by atoms with Gasteiger partial charge in [0.2, 0.25) is 0 Å². The van der Waals surface area contributed by atoms with Crippen molar-refractivity contribution in [3.63, 3.8) is 0 Å². The molecule has 2 amide bonds. The van der Waals surface area contributed by atoms with Crippen LogP contribution in [0.15, 0.2) is 0 Å². The van der Waals surface area contributed by atoms with Gasteiger partial charge in [0.15, 0.2) is 0 Å². The summed E-state index contributed by atoms with van der Waals surface area (Å²) in [4.78, 5) is 23.4. The number of hydrogen-bond acceptors (Lipinski definition) is 2. The number of aliphatic carboxylic acids is 1. The molecule has 0 rings (SSSR count). The van der Waals surface area contributed by atoms with Crippen molar-refractivity contribution in [2.75, 3.05) is 19.6 Å². The predicted molar refractivity (Wildman–Crippen MR) is 57.7 cm³/mol. The number of carbonyl (C=O) groups is 2. The molecule has 0 aromatic carbocycles. The van der Waals surface area contributed by atoms with Crippen molar-refractivity contribution < 1.29 is 14.7 Å². The third-order valence-electron chi connectivity index (χ3n) is 2.29. The number of carboxylic acid groups (broad SMARTS) is 1. The van der Waals surface area contributed by atoms with E-state index in [0.29, 0.717) is 19.0 Å². The summed E-state index contributed by atoms with van der Waals surface area (Å²) in [5.74, 6) is -0.594. The minimum absolute atomic E-state index is 0.305. The van der Waals surface area contributed by atoms with E-state index in [2.05, 4.69) is 19.2 Å². The van der Waals surface area contributed by atoms with Crippen molar-refractivity contribution >= 4 is 12.0 Å². The molecule has 1 unspecified atom stereocenters. The average Bonchev–Trinajstić information content (AvgIpc) is 2.21. The normalized spacial score (nSPS) is 11.9. The Morgan fingerprint density at radius 2 is 2.00 bits per heavy atom. The monoisotopic (exact) mass is 216 g/mol. The maximum atomic E-state index is 11.5. The number of rotatable bonds is 6. The first-order valence-electron chi connectivity index (χ1n) is 5.25.